The van der Waals surface area contributed by atoms with E-state index >= 15 is 0 Å². The quantitative estimate of drug-likeness (QED) is 0.102. The summed E-state index contributed by atoms with van der Waals surface area (Å²) in [6, 6.07) is 0. The number of hydrogen-bond donors (Lipinski definition) is 2. The first-order valence-electron chi connectivity index (χ1n) is 6.50. The minimum atomic E-state index is -5.42. The predicted octanol–water partition coefficient (Wildman–Crippen LogP) is 5.17. The van der Waals surface area contributed by atoms with Crippen LogP contribution in [0.4, 0.5) is 52.7 Å². The van der Waals surface area contributed by atoms with E-state index in [0.717, 1.165) is 0 Å². The monoisotopic (exact) mass is 719 g/mol. The average Bonchev–Trinajstić information content (AvgIpc) is 2.63. The van der Waals surface area contributed by atoms with E-state index in [4.69, 9.17) is 19.5 Å². The topological polar surface area (TPSA) is 114 Å². The summed E-state index contributed by atoms with van der Waals surface area (Å²) < 4.78 is 151. The molecule has 3 radical (unpaired) electrons. The summed E-state index contributed by atoms with van der Waals surface area (Å²) in [5, 5.41) is 15.9. The maximum Gasteiger partial charge on any atom is 0 e. The van der Waals surface area contributed by atoms with Gasteiger partial charge in [-0.15, -0.1) is 6.58 Å². The fraction of sp³-hybridized carbons (Fsp3) is 0.267. The summed E-state index contributed by atoms with van der Waals surface area (Å²) in [5.41, 5.74) is 0. The van der Waals surface area contributed by atoms with E-state index in [9.17, 15) is 62.3 Å². The van der Waals surface area contributed by atoms with Crippen LogP contribution in [0.2, 0.25) is 0 Å². The van der Waals surface area contributed by atoms with Gasteiger partial charge in [-0.1, -0.05) is 6.08 Å². The van der Waals surface area contributed by atoms with Crippen molar-refractivity contribution >= 4 is 11.6 Å². The van der Waals surface area contributed by atoms with Crippen molar-refractivity contribution in [1.29, 1.82) is 0 Å². The number of halogens is 12. The number of rotatable bonds is 2. The molecule has 0 aromatic rings. The van der Waals surface area contributed by atoms with Gasteiger partial charge in [-0.3, -0.25) is 9.59 Å². The summed E-state index contributed by atoms with van der Waals surface area (Å²) >= 11 is 0. The minimum absolute atomic E-state index is 0. The smallest absolute Gasteiger partial charge is 0 e. The Balaban J connectivity index is -0.0000000680. The van der Waals surface area contributed by atoms with Crippen molar-refractivity contribution < 1.29 is 121 Å². The van der Waals surface area contributed by atoms with Crippen LogP contribution in [0.5, 0.6) is 0 Å². The van der Waals surface area contributed by atoms with E-state index in [2.05, 4.69) is 26.8 Å². The number of aliphatic hydroxyl groups excluding tert-OH is 2. The largest absolute Gasteiger partial charge is 0.103 e. The number of alkyl halides is 12. The number of carbonyl (C=O) groups excluding carboxylic acids is 2. The SMILES string of the molecule is O=C(/C=C(\O)C(F)(F)F)C(F)(F)F.O=C(/C=C(\O)C(F)(F)F)C(F)(F)F.[C-]#[O+].[C-]#[O+].[CH2]C=C.[Rh].[Rh]. The molecule has 0 atom stereocenters. The molecule has 20 heteroatoms. The van der Waals surface area contributed by atoms with Crippen LogP contribution in [0.3, 0.4) is 0 Å². The van der Waals surface area contributed by atoms with Crippen LogP contribution in [0.1, 0.15) is 0 Å². The maximum absolute atomic E-state index is 11.4. The fourth-order valence-electron chi connectivity index (χ4n) is 0.576. The fourth-order valence-corrected chi connectivity index (χ4v) is 0.576. The van der Waals surface area contributed by atoms with Gasteiger partial charge in [0.1, 0.15) is 0 Å². The molecular formula is C15H9F12O6Rh2. The van der Waals surface area contributed by atoms with Gasteiger partial charge in [0.05, 0.1) is 0 Å². The van der Waals surface area contributed by atoms with Gasteiger partial charge in [0, 0.05) is 51.1 Å². The molecule has 35 heavy (non-hydrogen) atoms. The molecule has 207 valence electrons. The van der Waals surface area contributed by atoms with Gasteiger partial charge in [0.2, 0.25) is 11.5 Å². The minimum Gasteiger partial charge on any atom is -0.103 e. The Bertz CT molecular complexity index is 656. The van der Waals surface area contributed by atoms with Crippen molar-refractivity contribution in [3.8, 4) is 0 Å². The van der Waals surface area contributed by atoms with Crippen LogP contribution in [-0.2, 0) is 57.8 Å². The van der Waals surface area contributed by atoms with Crippen molar-refractivity contribution in [2.24, 2.45) is 0 Å². The Morgan fingerprint density at radius 3 is 0.829 bits per heavy atom. The summed E-state index contributed by atoms with van der Waals surface area (Å²) in [6.45, 7) is 15.5. The van der Waals surface area contributed by atoms with Gasteiger partial charge in [0.25, 0.3) is 11.6 Å². The van der Waals surface area contributed by atoms with E-state index in [1.165, 1.54) is 6.08 Å². The molecule has 0 heterocycles. The van der Waals surface area contributed by atoms with Gasteiger partial charge in [0.15, 0.2) is 0 Å². The third-order valence-corrected chi connectivity index (χ3v) is 1.68. The van der Waals surface area contributed by atoms with Crippen LogP contribution in [-0.4, -0.2) is 46.5 Å². The van der Waals surface area contributed by atoms with Crippen molar-refractivity contribution in [2.45, 2.75) is 24.7 Å². The van der Waals surface area contributed by atoms with Crippen molar-refractivity contribution in [1.82, 2.24) is 0 Å². The number of hydrogen-bond acceptors (Lipinski definition) is 4. The molecule has 6 nitrogen and oxygen atoms in total. The number of ketones is 2. The second kappa shape index (κ2) is 22.5. The van der Waals surface area contributed by atoms with Crippen molar-refractivity contribution in [3.05, 3.63) is 56.5 Å². The molecular weight excluding hydrogens is 710 g/mol. The van der Waals surface area contributed by atoms with Crippen LogP contribution < -0.4 is 0 Å². The summed E-state index contributed by atoms with van der Waals surface area (Å²) in [6.07, 6.45) is -21.9. The summed E-state index contributed by atoms with van der Waals surface area (Å²) in [5.74, 6) is -10.7. The molecule has 0 spiro atoms. The van der Waals surface area contributed by atoms with Crippen LogP contribution in [0.15, 0.2) is 36.3 Å². The Morgan fingerprint density at radius 1 is 0.600 bits per heavy atom. The standard InChI is InChI=1S/2C5H2F6O2.C3H5.2CO.2Rh/c2*6-4(7,8)2(12)1-3(13)5(9,10)11;1-3-2;2*1-2;;/h2*1,12H;3H,1-2H2;;;;/b2*2-1-;;;;;. The molecule has 0 saturated carbocycles. The Hall–Kier alpha value is -1.95. The van der Waals surface area contributed by atoms with Crippen LogP contribution >= 0.6 is 0 Å². The molecule has 0 bridgehead atoms. The average molecular weight is 719 g/mol. The first kappa shape index (κ1) is 50.0. The number of aliphatic hydroxyl groups is 2. The summed E-state index contributed by atoms with van der Waals surface area (Å²) in [4.78, 5) is 19.7. The molecule has 0 aliphatic rings. The zero-order valence-electron chi connectivity index (χ0n) is 15.9. The molecule has 0 aromatic carbocycles. The molecule has 0 aromatic heterocycles. The maximum atomic E-state index is 11.4. The Kier molecular flexibility index (Phi) is 32.2. The van der Waals surface area contributed by atoms with Crippen LogP contribution in [0.25, 0.3) is 0 Å². The van der Waals surface area contributed by atoms with Gasteiger partial charge in [-0.25, -0.2) is 0 Å². The third-order valence-electron chi connectivity index (χ3n) is 1.68. The zero-order chi connectivity index (χ0) is 28.4. The first-order valence-corrected chi connectivity index (χ1v) is 6.50. The van der Waals surface area contributed by atoms with E-state index in [-0.39, 0.29) is 39.0 Å². The third kappa shape index (κ3) is 32.0. The van der Waals surface area contributed by atoms with Crippen molar-refractivity contribution in [3.63, 3.8) is 0 Å². The molecule has 0 amide bonds. The van der Waals surface area contributed by atoms with Gasteiger partial charge in [-0.2, -0.15) is 52.7 Å². The van der Waals surface area contributed by atoms with E-state index in [1.54, 1.807) is 0 Å². The van der Waals surface area contributed by atoms with Crippen molar-refractivity contribution in [2.75, 3.05) is 0 Å². The normalized spacial score (nSPS) is 11.2. The second-order valence-corrected chi connectivity index (χ2v) is 4.07. The molecule has 2 N–H and O–H groups in total. The van der Waals surface area contributed by atoms with E-state index in [1.807, 2.05) is 0 Å². The van der Waals surface area contributed by atoms with E-state index < -0.39 is 59.9 Å². The van der Waals surface area contributed by atoms with Gasteiger partial charge < -0.3 is 10.2 Å². The van der Waals surface area contributed by atoms with Gasteiger partial charge in [-0.05, 0) is 6.92 Å². The number of allylic oxidation sites excluding steroid dienone is 5. The Labute approximate surface area is 213 Å². The number of carbonyl (C=O) groups is 2. The molecule has 0 unspecified atom stereocenters. The molecule has 0 rings (SSSR count). The summed E-state index contributed by atoms with van der Waals surface area (Å²) in [7, 11) is 0. The molecule has 0 aliphatic carbocycles. The van der Waals surface area contributed by atoms with Crippen LogP contribution in [0, 0.1) is 20.2 Å². The predicted molar refractivity (Wildman–Crippen MR) is 79.1 cm³/mol. The zero-order valence-corrected chi connectivity index (χ0v) is 19.2. The van der Waals surface area contributed by atoms with Gasteiger partial charge >= 0.3 is 47.3 Å². The first-order chi connectivity index (χ1) is 14.5. The Morgan fingerprint density at radius 2 is 0.743 bits per heavy atom. The second-order valence-electron chi connectivity index (χ2n) is 4.07. The molecule has 0 fully saturated rings. The molecule has 0 saturated heterocycles. The molecule has 0 aliphatic heterocycles. The van der Waals surface area contributed by atoms with E-state index in [0.29, 0.717) is 0 Å².